The Labute approximate surface area is 155 Å². The van der Waals surface area contributed by atoms with Crippen molar-refractivity contribution in [3.8, 4) is 0 Å². The molecule has 0 aliphatic heterocycles. The van der Waals surface area contributed by atoms with E-state index in [1.807, 2.05) is 35.2 Å². The van der Waals surface area contributed by atoms with E-state index in [0.717, 1.165) is 42.7 Å². The van der Waals surface area contributed by atoms with Gasteiger partial charge in [0.15, 0.2) is 0 Å². The number of carbonyl (C=O) groups excluding carboxylic acids is 2. The molecule has 140 valence electrons. The summed E-state index contributed by atoms with van der Waals surface area (Å²) in [5.74, 6) is 1.97. The molecule has 4 saturated carbocycles. The van der Waals surface area contributed by atoms with Crippen molar-refractivity contribution in [2.45, 2.75) is 50.5 Å². The third-order valence-electron chi connectivity index (χ3n) is 6.62. The van der Waals surface area contributed by atoms with Crippen molar-refractivity contribution in [1.29, 1.82) is 0 Å². The van der Waals surface area contributed by atoms with Crippen LogP contribution < -0.4 is 5.32 Å². The van der Waals surface area contributed by atoms with Crippen LogP contribution in [0, 0.1) is 17.8 Å². The second-order valence-corrected chi connectivity index (χ2v) is 8.42. The van der Waals surface area contributed by atoms with Gasteiger partial charge in [-0.05, 0) is 68.4 Å². The van der Waals surface area contributed by atoms with Gasteiger partial charge in [-0.3, -0.25) is 4.79 Å². The van der Waals surface area contributed by atoms with Gasteiger partial charge < -0.3 is 15.0 Å². The fourth-order valence-electron chi connectivity index (χ4n) is 5.97. The van der Waals surface area contributed by atoms with Crippen LogP contribution in [0.15, 0.2) is 30.3 Å². The molecule has 0 saturated heterocycles. The Bertz CT molecular complexity index is 638. The molecule has 0 spiro atoms. The lowest BCUT2D eigenvalue weighted by molar-refractivity contribution is -0.141. The van der Waals surface area contributed by atoms with Crippen LogP contribution in [0.25, 0.3) is 0 Å². The number of rotatable bonds is 5. The lowest BCUT2D eigenvalue weighted by atomic mass is 9.52. The van der Waals surface area contributed by atoms with Gasteiger partial charge in [0, 0.05) is 17.8 Å². The molecule has 1 aromatic carbocycles. The fraction of sp³-hybridized carbons (Fsp3) is 0.619. The highest BCUT2D eigenvalue weighted by molar-refractivity contribution is 5.90. The van der Waals surface area contributed by atoms with E-state index in [4.69, 9.17) is 4.74 Å². The van der Waals surface area contributed by atoms with Crippen molar-refractivity contribution in [2.75, 3.05) is 19.0 Å². The quantitative estimate of drug-likeness (QED) is 0.810. The van der Waals surface area contributed by atoms with Crippen molar-refractivity contribution in [1.82, 2.24) is 4.90 Å². The Morgan fingerprint density at radius 2 is 1.65 bits per heavy atom. The summed E-state index contributed by atoms with van der Waals surface area (Å²) in [6.07, 6.45) is 7.48. The van der Waals surface area contributed by atoms with Crippen molar-refractivity contribution in [3.63, 3.8) is 0 Å². The zero-order valence-electron chi connectivity index (χ0n) is 15.4. The molecule has 2 amide bonds. The minimum atomic E-state index is -0.257. The highest BCUT2D eigenvalue weighted by Crippen LogP contribution is 2.57. The van der Waals surface area contributed by atoms with Gasteiger partial charge in [-0.15, -0.1) is 0 Å². The second kappa shape index (κ2) is 6.93. The van der Waals surface area contributed by atoms with Gasteiger partial charge in [0.05, 0.1) is 13.5 Å². The molecular weight excluding hydrogens is 328 g/mol. The number of esters is 1. The highest BCUT2D eigenvalue weighted by Gasteiger charge is 2.54. The summed E-state index contributed by atoms with van der Waals surface area (Å²) in [4.78, 5) is 26.9. The van der Waals surface area contributed by atoms with Crippen LogP contribution in [0.3, 0.4) is 0 Å². The smallest absolute Gasteiger partial charge is 0.322 e. The summed E-state index contributed by atoms with van der Waals surface area (Å²) in [7, 11) is 1.40. The van der Waals surface area contributed by atoms with Crippen LogP contribution in [0.4, 0.5) is 10.5 Å². The zero-order valence-corrected chi connectivity index (χ0v) is 15.4. The number of anilines is 1. The molecule has 4 aliphatic carbocycles. The molecule has 0 radical (unpaired) electrons. The zero-order chi connectivity index (χ0) is 18.1. The fourth-order valence-corrected chi connectivity index (χ4v) is 5.97. The Morgan fingerprint density at radius 3 is 2.19 bits per heavy atom. The summed E-state index contributed by atoms with van der Waals surface area (Å²) < 4.78 is 4.82. The Kier molecular flexibility index (Phi) is 4.63. The predicted molar refractivity (Wildman–Crippen MR) is 99.7 cm³/mol. The molecule has 4 bridgehead atoms. The van der Waals surface area contributed by atoms with Crippen molar-refractivity contribution >= 4 is 17.7 Å². The van der Waals surface area contributed by atoms with E-state index in [1.54, 1.807) is 0 Å². The van der Waals surface area contributed by atoms with E-state index in [0.29, 0.717) is 6.54 Å². The normalized spacial score (nSPS) is 31.5. The number of hydrogen-bond donors (Lipinski definition) is 1. The second-order valence-electron chi connectivity index (χ2n) is 8.42. The first-order valence-corrected chi connectivity index (χ1v) is 9.78. The lowest BCUT2D eigenvalue weighted by Crippen LogP contribution is -2.62. The van der Waals surface area contributed by atoms with Crippen LogP contribution in [0.1, 0.15) is 44.9 Å². The number of methoxy groups -OCH3 is 1. The topological polar surface area (TPSA) is 58.6 Å². The van der Waals surface area contributed by atoms with Crippen LogP contribution in [0.2, 0.25) is 0 Å². The first kappa shape index (κ1) is 17.4. The summed E-state index contributed by atoms with van der Waals surface area (Å²) in [6, 6.07) is 9.48. The van der Waals surface area contributed by atoms with Crippen LogP contribution in [-0.2, 0) is 9.53 Å². The average molecular weight is 356 g/mol. The van der Waals surface area contributed by atoms with E-state index < -0.39 is 0 Å². The molecule has 0 unspecified atom stereocenters. The van der Waals surface area contributed by atoms with Crippen molar-refractivity contribution < 1.29 is 14.3 Å². The molecule has 0 heterocycles. The maximum Gasteiger partial charge on any atom is 0.322 e. The highest BCUT2D eigenvalue weighted by atomic mass is 16.5. The summed E-state index contributed by atoms with van der Waals surface area (Å²) in [5.41, 5.74) is 0.715. The average Bonchev–Trinajstić information content (AvgIpc) is 2.61. The van der Waals surface area contributed by atoms with Gasteiger partial charge in [-0.1, -0.05) is 18.2 Å². The number of urea groups is 1. The predicted octanol–water partition coefficient (Wildman–Crippen LogP) is 4.05. The van der Waals surface area contributed by atoms with E-state index >= 15 is 0 Å². The number of para-hydroxylation sites is 1. The van der Waals surface area contributed by atoms with Crippen LogP contribution in [0.5, 0.6) is 0 Å². The third-order valence-corrected chi connectivity index (χ3v) is 6.62. The van der Waals surface area contributed by atoms with E-state index in [1.165, 1.54) is 26.4 Å². The standard InChI is InChI=1S/C21H28N2O3/c1-26-19(24)7-8-23(20(25)22-18-5-3-2-4-6-18)21-12-15-9-16(13-21)11-17(10-15)14-21/h2-6,15-17H,7-14H2,1H3,(H,22,25). The minimum Gasteiger partial charge on any atom is -0.469 e. The molecule has 1 aromatic rings. The van der Waals surface area contributed by atoms with Crippen molar-refractivity contribution in [2.24, 2.45) is 17.8 Å². The summed E-state index contributed by atoms with van der Waals surface area (Å²) in [5, 5.41) is 3.04. The van der Waals surface area contributed by atoms with Crippen LogP contribution >= 0.6 is 0 Å². The molecular formula is C21H28N2O3. The molecule has 1 N–H and O–H groups in total. The first-order valence-electron chi connectivity index (χ1n) is 9.78. The van der Waals surface area contributed by atoms with Gasteiger partial charge in [-0.2, -0.15) is 0 Å². The molecule has 5 nitrogen and oxygen atoms in total. The van der Waals surface area contributed by atoms with Crippen molar-refractivity contribution in [3.05, 3.63) is 30.3 Å². The van der Waals surface area contributed by atoms with E-state index in [9.17, 15) is 9.59 Å². The molecule has 0 aromatic heterocycles. The lowest BCUT2D eigenvalue weighted by Gasteiger charge is -2.60. The maximum absolute atomic E-state index is 13.2. The molecule has 0 atom stereocenters. The number of amides is 2. The number of nitrogens with one attached hydrogen (secondary N) is 1. The number of carbonyl (C=O) groups is 2. The van der Waals surface area contributed by atoms with E-state index in [2.05, 4.69) is 5.32 Å². The van der Waals surface area contributed by atoms with E-state index in [-0.39, 0.29) is 24.0 Å². The van der Waals surface area contributed by atoms with Gasteiger partial charge in [-0.25, -0.2) is 4.79 Å². The molecule has 5 rings (SSSR count). The monoisotopic (exact) mass is 356 g/mol. The first-order chi connectivity index (χ1) is 12.6. The van der Waals surface area contributed by atoms with Gasteiger partial charge >= 0.3 is 12.0 Å². The molecule has 4 aliphatic rings. The Morgan fingerprint density at radius 1 is 1.08 bits per heavy atom. The Balaban J connectivity index is 1.56. The number of benzene rings is 1. The van der Waals surface area contributed by atoms with Gasteiger partial charge in [0.2, 0.25) is 0 Å². The number of ether oxygens (including phenoxy) is 1. The SMILES string of the molecule is COC(=O)CCN(C(=O)Nc1ccccc1)C12CC3CC(CC(C3)C1)C2. The minimum absolute atomic E-state index is 0.0814. The summed E-state index contributed by atoms with van der Waals surface area (Å²) >= 11 is 0. The maximum atomic E-state index is 13.2. The molecule has 4 fully saturated rings. The van der Waals surface area contributed by atoms with Crippen LogP contribution in [-0.4, -0.2) is 36.1 Å². The Hall–Kier alpha value is -2.04. The molecule has 26 heavy (non-hydrogen) atoms. The van der Waals surface area contributed by atoms with Gasteiger partial charge in [0.1, 0.15) is 0 Å². The summed E-state index contributed by atoms with van der Waals surface area (Å²) in [6.45, 7) is 0.428. The number of hydrogen-bond acceptors (Lipinski definition) is 3. The third kappa shape index (κ3) is 3.31. The number of nitrogens with zero attached hydrogens (tertiary/aromatic N) is 1. The largest absolute Gasteiger partial charge is 0.469 e. The molecule has 5 heteroatoms. The van der Waals surface area contributed by atoms with Gasteiger partial charge in [0.25, 0.3) is 0 Å².